The predicted octanol–water partition coefficient (Wildman–Crippen LogP) is 7.35. The molecule has 5 rings (SSSR count). The lowest BCUT2D eigenvalue weighted by Crippen LogP contribution is -2.42. The average Bonchev–Trinajstić information content (AvgIpc) is 3.12. The maximum absolute atomic E-state index is 2.59. The Kier molecular flexibility index (Phi) is 7.31. The second-order valence-corrected chi connectivity index (χ2v) is 11.8. The van der Waals surface area contributed by atoms with E-state index in [-0.39, 0.29) is 5.54 Å². The van der Waals surface area contributed by atoms with Crippen LogP contribution in [0.2, 0.25) is 0 Å². The minimum absolute atomic E-state index is 0.185. The lowest BCUT2D eigenvalue weighted by atomic mass is 9.97. The lowest BCUT2D eigenvalue weighted by molar-refractivity contribution is 0.120. The normalized spacial score (nSPS) is 16.8. The smallest absolute Gasteiger partial charge is 0.0248 e. The Morgan fingerprint density at radius 3 is 1.21 bits per heavy atom. The molecule has 3 aromatic rings. The molecule has 2 aliphatic heterocycles. The van der Waals surface area contributed by atoms with E-state index in [1.807, 2.05) is 0 Å². The van der Waals surface area contributed by atoms with Crippen molar-refractivity contribution in [2.45, 2.75) is 78.6 Å². The summed E-state index contributed by atoms with van der Waals surface area (Å²) in [7, 11) is 0. The maximum atomic E-state index is 2.59. The van der Waals surface area contributed by atoms with Crippen molar-refractivity contribution in [2.75, 3.05) is 13.1 Å². The van der Waals surface area contributed by atoms with Crippen molar-refractivity contribution in [1.29, 1.82) is 0 Å². The molecule has 34 heavy (non-hydrogen) atoms. The summed E-state index contributed by atoms with van der Waals surface area (Å²) < 4.78 is 0. The lowest BCUT2D eigenvalue weighted by Gasteiger charge is -2.35. The zero-order valence-electron chi connectivity index (χ0n) is 22.1. The molecule has 0 atom stereocenters. The minimum atomic E-state index is 0.185. The molecule has 3 aromatic carbocycles. The first-order valence-electron chi connectivity index (χ1n) is 12.9. The first-order valence-corrected chi connectivity index (χ1v) is 12.9. The molecule has 2 nitrogen and oxygen atoms in total. The van der Waals surface area contributed by atoms with Crippen molar-refractivity contribution in [1.82, 2.24) is 9.80 Å². The SMILES string of the molecule is CC(C)(C)N1CCc2ccccc2CC1.CC(C)(C)N1Cc2ccccc2-c2ccccc2C1. The van der Waals surface area contributed by atoms with E-state index >= 15 is 0 Å². The predicted molar refractivity (Wildman–Crippen MR) is 146 cm³/mol. The van der Waals surface area contributed by atoms with Gasteiger partial charge < -0.3 is 0 Å². The molecule has 2 heteroatoms. The number of nitrogens with zero attached hydrogens (tertiary/aromatic N) is 2. The molecule has 0 saturated heterocycles. The van der Waals surface area contributed by atoms with E-state index in [2.05, 4.69) is 124 Å². The van der Waals surface area contributed by atoms with E-state index < -0.39 is 0 Å². The Balaban J connectivity index is 0.000000166. The molecule has 0 saturated carbocycles. The molecule has 0 bridgehead atoms. The number of rotatable bonds is 0. The number of hydrogen-bond donors (Lipinski definition) is 0. The second kappa shape index (κ2) is 10.1. The van der Waals surface area contributed by atoms with Crippen LogP contribution in [0.4, 0.5) is 0 Å². The summed E-state index contributed by atoms with van der Waals surface area (Å²) in [6, 6.07) is 26.5. The van der Waals surface area contributed by atoms with Crippen LogP contribution in [0.25, 0.3) is 11.1 Å². The molecule has 0 spiro atoms. The van der Waals surface area contributed by atoms with Crippen molar-refractivity contribution in [2.24, 2.45) is 0 Å². The van der Waals surface area contributed by atoms with Crippen LogP contribution in [-0.2, 0) is 25.9 Å². The fourth-order valence-electron chi connectivity index (χ4n) is 5.12. The van der Waals surface area contributed by atoms with Crippen LogP contribution in [0, 0.1) is 0 Å². The highest BCUT2D eigenvalue weighted by atomic mass is 15.2. The third kappa shape index (κ3) is 5.79. The highest BCUT2D eigenvalue weighted by molar-refractivity contribution is 5.71. The highest BCUT2D eigenvalue weighted by Gasteiger charge is 2.26. The first-order chi connectivity index (χ1) is 16.1. The largest absolute Gasteiger partial charge is 0.298 e. The van der Waals surface area contributed by atoms with Crippen LogP contribution in [0.1, 0.15) is 63.8 Å². The van der Waals surface area contributed by atoms with Crippen molar-refractivity contribution in [3.05, 3.63) is 95.1 Å². The van der Waals surface area contributed by atoms with E-state index in [4.69, 9.17) is 0 Å². The van der Waals surface area contributed by atoms with Crippen molar-refractivity contribution < 1.29 is 0 Å². The fraction of sp³-hybridized carbons (Fsp3) is 0.438. The molecule has 180 valence electrons. The Hall–Kier alpha value is -2.42. The summed E-state index contributed by atoms with van der Waals surface area (Å²) in [6.45, 7) is 18.2. The van der Waals surface area contributed by atoms with E-state index in [9.17, 15) is 0 Å². The monoisotopic (exact) mass is 454 g/mol. The van der Waals surface area contributed by atoms with E-state index in [0.717, 1.165) is 13.1 Å². The van der Waals surface area contributed by atoms with Crippen LogP contribution in [0.15, 0.2) is 72.8 Å². The van der Waals surface area contributed by atoms with Crippen LogP contribution in [0.5, 0.6) is 0 Å². The molecule has 0 radical (unpaired) electrons. The maximum Gasteiger partial charge on any atom is 0.0248 e. The Morgan fingerprint density at radius 1 is 0.471 bits per heavy atom. The Morgan fingerprint density at radius 2 is 0.824 bits per heavy atom. The van der Waals surface area contributed by atoms with Crippen LogP contribution < -0.4 is 0 Å². The zero-order valence-corrected chi connectivity index (χ0v) is 22.1. The fourth-order valence-corrected chi connectivity index (χ4v) is 5.12. The third-order valence-corrected chi connectivity index (χ3v) is 7.37. The van der Waals surface area contributed by atoms with Gasteiger partial charge >= 0.3 is 0 Å². The molecule has 0 aliphatic carbocycles. The van der Waals surface area contributed by atoms with Crippen molar-refractivity contribution >= 4 is 0 Å². The van der Waals surface area contributed by atoms with Gasteiger partial charge in [0, 0.05) is 37.3 Å². The van der Waals surface area contributed by atoms with Gasteiger partial charge in [0.05, 0.1) is 0 Å². The van der Waals surface area contributed by atoms with Gasteiger partial charge in [0.2, 0.25) is 0 Å². The molecule has 0 fully saturated rings. The molecular formula is C32H42N2. The average molecular weight is 455 g/mol. The zero-order chi connectivity index (χ0) is 24.3. The van der Waals surface area contributed by atoms with E-state index in [0.29, 0.717) is 5.54 Å². The van der Waals surface area contributed by atoms with Gasteiger partial charge in [-0.1, -0.05) is 72.8 Å². The molecule has 0 N–H and O–H groups in total. The number of fused-ring (bicyclic) bond motifs is 4. The Bertz CT molecular complexity index is 1030. The van der Waals surface area contributed by atoms with Gasteiger partial charge in [-0.2, -0.15) is 0 Å². The summed E-state index contributed by atoms with van der Waals surface area (Å²) in [5, 5.41) is 0. The van der Waals surface area contributed by atoms with Gasteiger partial charge in [-0.25, -0.2) is 0 Å². The molecular weight excluding hydrogens is 412 g/mol. The summed E-state index contributed by atoms with van der Waals surface area (Å²) >= 11 is 0. The van der Waals surface area contributed by atoms with Gasteiger partial charge in [-0.05, 0) is 87.8 Å². The summed E-state index contributed by atoms with van der Waals surface area (Å²) in [6.07, 6.45) is 2.40. The van der Waals surface area contributed by atoms with Gasteiger partial charge in [0.1, 0.15) is 0 Å². The molecule has 2 aliphatic rings. The van der Waals surface area contributed by atoms with Crippen molar-refractivity contribution in [3.8, 4) is 11.1 Å². The van der Waals surface area contributed by atoms with Gasteiger partial charge in [-0.3, -0.25) is 9.80 Å². The molecule has 0 aromatic heterocycles. The van der Waals surface area contributed by atoms with E-state index in [1.54, 1.807) is 11.1 Å². The van der Waals surface area contributed by atoms with Gasteiger partial charge in [0.25, 0.3) is 0 Å². The Labute approximate surface area is 207 Å². The van der Waals surface area contributed by atoms with Crippen LogP contribution >= 0.6 is 0 Å². The standard InChI is InChI=1S/C18H21N.C14H21N/c1-18(2,3)19-12-14-8-4-6-10-16(14)17-11-7-5-9-15(17)13-19;1-14(2,3)15-10-8-12-6-4-5-7-13(12)9-11-15/h4-11H,12-13H2,1-3H3;4-7H,8-11H2,1-3H3. The van der Waals surface area contributed by atoms with Crippen molar-refractivity contribution in [3.63, 3.8) is 0 Å². The number of hydrogen-bond acceptors (Lipinski definition) is 2. The van der Waals surface area contributed by atoms with Gasteiger partial charge in [0.15, 0.2) is 0 Å². The topological polar surface area (TPSA) is 6.48 Å². The molecule has 2 heterocycles. The van der Waals surface area contributed by atoms with Gasteiger partial charge in [-0.15, -0.1) is 0 Å². The number of benzene rings is 3. The molecule has 0 amide bonds. The summed E-state index contributed by atoms with van der Waals surface area (Å²) in [4.78, 5) is 5.14. The summed E-state index contributed by atoms with van der Waals surface area (Å²) in [5.41, 5.74) is 9.24. The molecule has 0 unspecified atom stereocenters. The quantitative estimate of drug-likeness (QED) is 0.350. The van der Waals surface area contributed by atoms with Crippen LogP contribution in [-0.4, -0.2) is 34.0 Å². The first kappa shape index (κ1) is 24.7. The minimum Gasteiger partial charge on any atom is -0.298 e. The third-order valence-electron chi connectivity index (χ3n) is 7.37. The van der Waals surface area contributed by atoms with Crippen LogP contribution in [0.3, 0.4) is 0 Å². The summed E-state index contributed by atoms with van der Waals surface area (Å²) in [5.74, 6) is 0. The van der Waals surface area contributed by atoms with E-state index in [1.165, 1.54) is 48.2 Å². The highest BCUT2D eigenvalue weighted by Crippen LogP contribution is 2.34. The second-order valence-electron chi connectivity index (χ2n) is 11.8.